The average molecular weight is 378 g/mol. The molecular formula is C19H12F2N6O. The Balaban J connectivity index is 1.71. The Hall–Kier alpha value is -4.06. The Morgan fingerprint density at radius 2 is 2.00 bits per heavy atom. The third-order valence-electron chi connectivity index (χ3n) is 4.20. The van der Waals surface area contributed by atoms with Crippen molar-refractivity contribution in [1.82, 2.24) is 19.6 Å². The summed E-state index contributed by atoms with van der Waals surface area (Å²) in [4.78, 5) is 12.4. The number of fused-ring (bicyclic) bond motifs is 1. The second-order valence-electron chi connectivity index (χ2n) is 6.05. The van der Waals surface area contributed by atoms with E-state index in [0.717, 1.165) is 23.2 Å². The first-order valence-electron chi connectivity index (χ1n) is 8.14. The lowest BCUT2D eigenvalue weighted by Gasteiger charge is -2.09. The molecule has 1 N–H and O–H groups in total. The Morgan fingerprint density at radius 1 is 1.18 bits per heavy atom. The molecule has 0 bridgehead atoms. The zero-order valence-electron chi connectivity index (χ0n) is 14.5. The van der Waals surface area contributed by atoms with Gasteiger partial charge in [-0.05, 0) is 30.3 Å². The number of nitriles is 1. The number of halogens is 2. The molecule has 0 saturated carbocycles. The van der Waals surface area contributed by atoms with E-state index in [1.54, 1.807) is 59.3 Å². The highest BCUT2D eigenvalue weighted by Crippen LogP contribution is 2.23. The van der Waals surface area contributed by atoms with Crippen LogP contribution >= 0.6 is 0 Å². The molecule has 2 heterocycles. The minimum atomic E-state index is -1.19. The summed E-state index contributed by atoms with van der Waals surface area (Å²) in [6.45, 7) is 0. The fourth-order valence-electron chi connectivity index (χ4n) is 2.86. The molecule has 138 valence electrons. The smallest absolute Gasteiger partial charge is 0.261 e. The van der Waals surface area contributed by atoms with Crippen LogP contribution in [0.25, 0.3) is 16.6 Å². The third kappa shape index (κ3) is 2.87. The number of aromatic nitrogens is 4. The summed E-state index contributed by atoms with van der Waals surface area (Å²) in [5, 5.41) is 20.6. The van der Waals surface area contributed by atoms with Crippen LogP contribution in [0.3, 0.4) is 0 Å². The molecule has 9 heteroatoms. The van der Waals surface area contributed by atoms with Gasteiger partial charge < -0.3 is 5.32 Å². The molecular weight excluding hydrogens is 366 g/mol. The number of amides is 1. The molecule has 0 aliphatic rings. The summed E-state index contributed by atoms with van der Waals surface area (Å²) in [6.07, 6.45) is 5.06. The van der Waals surface area contributed by atoms with Gasteiger partial charge in [0.25, 0.3) is 5.91 Å². The van der Waals surface area contributed by atoms with E-state index in [1.165, 1.54) is 0 Å². The molecule has 0 fully saturated rings. The van der Waals surface area contributed by atoms with Crippen molar-refractivity contribution < 1.29 is 13.6 Å². The number of aryl methyl sites for hydroxylation is 1. The number of benzene rings is 2. The highest BCUT2D eigenvalue weighted by Gasteiger charge is 2.21. The van der Waals surface area contributed by atoms with Gasteiger partial charge in [0.15, 0.2) is 5.82 Å². The van der Waals surface area contributed by atoms with Crippen LogP contribution in [0, 0.1) is 23.0 Å². The van der Waals surface area contributed by atoms with Crippen molar-refractivity contribution in [1.29, 1.82) is 5.26 Å². The van der Waals surface area contributed by atoms with Crippen molar-refractivity contribution >= 4 is 22.5 Å². The van der Waals surface area contributed by atoms with Crippen LogP contribution in [-0.4, -0.2) is 25.5 Å². The summed E-state index contributed by atoms with van der Waals surface area (Å²) >= 11 is 0. The Kier molecular flexibility index (Phi) is 4.08. The predicted molar refractivity (Wildman–Crippen MR) is 96.9 cm³/mol. The summed E-state index contributed by atoms with van der Waals surface area (Å²) in [5.41, 5.74) is 0.512. The van der Waals surface area contributed by atoms with Gasteiger partial charge in [0, 0.05) is 18.1 Å². The van der Waals surface area contributed by atoms with Crippen molar-refractivity contribution in [3.05, 3.63) is 71.7 Å². The second kappa shape index (κ2) is 6.59. The maximum Gasteiger partial charge on any atom is 0.261 e. The maximum absolute atomic E-state index is 14.2. The fraction of sp³-hybridized carbons (Fsp3) is 0.0526. The van der Waals surface area contributed by atoms with Gasteiger partial charge in [0.2, 0.25) is 0 Å². The minimum Gasteiger partial charge on any atom is -0.322 e. The van der Waals surface area contributed by atoms with Gasteiger partial charge >= 0.3 is 0 Å². The van der Waals surface area contributed by atoms with Crippen molar-refractivity contribution in [2.24, 2.45) is 7.05 Å². The third-order valence-corrected chi connectivity index (χ3v) is 4.20. The van der Waals surface area contributed by atoms with Crippen molar-refractivity contribution in [3.63, 3.8) is 0 Å². The van der Waals surface area contributed by atoms with Crippen molar-refractivity contribution in [3.8, 4) is 11.8 Å². The Morgan fingerprint density at radius 3 is 2.71 bits per heavy atom. The molecule has 7 nitrogen and oxygen atoms in total. The molecule has 0 unspecified atom stereocenters. The zero-order valence-corrected chi connectivity index (χ0v) is 14.5. The van der Waals surface area contributed by atoms with Gasteiger partial charge in [-0.2, -0.15) is 15.5 Å². The summed E-state index contributed by atoms with van der Waals surface area (Å²) in [7, 11) is 1.78. The monoisotopic (exact) mass is 378 g/mol. The van der Waals surface area contributed by atoms with Crippen LogP contribution in [0.2, 0.25) is 0 Å². The largest absolute Gasteiger partial charge is 0.322 e. The first-order chi connectivity index (χ1) is 13.5. The molecule has 28 heavy (non-hydrogen) atoms. The van der Waals surface area contributed by atoms with E-state index in [0.29, 0.717) is 11.2 Å². The number of carbonyl (C=O) groups excluding carboxylic acids is 1. The minimum absolute atomic E-state index is 0.323. The van der Waals surface area contributed by atoms with Gasteiger partial charge in [-0.1, -0.05) is 0 Å². The Labute approximate surface area is 157 Å². The quantitative estimate of drug-likeness (QED) is 0.593. The van der Waals surface area contributed by atoms with Crippen LogP contribution < -0.4 is 5.32 Å². The lowest BCUT2D eigenvalue weighted by Crippen LogP contribution is -2.16. The van der Waals surface area contributed by atoms with E-state index in [2.05, 4.69) is 15.5 Å². The molecule has 0 atom stereocenters. The van der Waals surface area contributed by atoms with Gasteiger partial charge in [-0.15, -0.1) is 0 Å². The van der Waals surface area contributed by atoms with E-state index in [-0.39, 0.29) is 0 Å². The van der Waals surface area contributed by atoms with E-state index >= 15 is 0 Å². The number of nitrogens with one attached hydrogen (secondary N) is 1. The Bertz CT molecular complexity index is 1270. The standard InChI is InChI=1S/C19H12F2N6O/c1-26-10-14(9-23-26)27-16-6-13(4-2-12(16)8-24-27)25-19(28)17-15(20)5-3-11(7-22)18(17)21/h2-6,8-10H,1H3,(H,25,28). The normalized spacial score (nSPS) is 10.8. The molecule has 4 rings (SSSR count). The molecule has 1 amide bonds. The molecule has 2 aromatic carbocycles. The van der Waals surface area contributed by atoms with Crippen molar-refractivity contribution in [2.45, 2.75) is 0 Å². The average Bonchev–Trinajstić information content (AvgIpc) is 3.27. The lowest BCUT2D eigenvalue weighted by atomic mass is 10.1. The molecule has 4 aromatic rings. The highest BCUT2D eigenvalue weighted by atomic mass is 19.1. The molecule has 0 saturated heterocycles. The number of hydrogen-bond acceptors (Lipinski definition) is 4. The second-order valence-corrected chi connectivity index (χ2v) is 6.05. The van der Waals surface area contributed by atoms with Crippen molar-refractivity contribution in [2.75, 3.05) is 5.32 Å². The fourth-order valence-corrected chi connectivity index (χ4v) is 2.86. The summed E-state index contributed by atoms with van der Waals surface area (Å²) < 4.78 is 31.5. The van der Waals surface area contributed by atoms with Gasteiger partial charge in [-0.25, -0.2) is 13.5 Å². The van der Waals surface area contributed by atoms with E-state index in [1.807, 2.05) is 0 Å². The van der Waals surface area contributed by atoms with E-state index < -0.39 is 28.7 Å². The zero-order chi connectivity index (χ0) is 19.8. The first kappa shape index (κ1) is 17.4. The molecule has 2 aromatic heterocycles. The topological polar surface area (TPSA) is 88.5 Å². The predicted octanol–water partition coefficient (Wildman–Crippen LogP) is 3.16. The summed E-state index contributed by atoms with van der Waals surface area (Å²) in [6, 6.07) is 8.42. The van der Waals surface area contributed by atoms with Crippen LogP contribution in [0.4, 0.5) is 14.5 Å². The molecule has 0 aliphatic heterocycles. The molecule has 0 spiro atoms. The maximum atomic E-state index is 14.2. The van der Waals surface area contributed by atoms with Crippen LogP contribution in [0.5, 0.6) is 0 Å². The van der Waals surface area contributed by atoms with Gasteiger partial charge in [0.05, 0.1) is 29.7 Å². The van der Waals surface area contributed by atoms with Gasteiger partial charge in [-0.3, -0.25) is 9.48 Å². The molecule has 0 radical (unpaired) electrons. The lowest BCUT2D eigenvalue weighted by molar-refractivity contribution is 0.101. The number of hydrogen-bond donors (Lipinski definition) is 1. The number of carbonyl (C=O) groups is 1. The number of rotatable bonds is 3. The number of nitrogens with zero attached hydrogens (tertiary/aromatic N) is 5. The van der Waals surface area contributed by atoms with Crippen LogP contribution in [-0.2, 0) is 7.05 Å². The summed E-state index contributed by atoms with van der Waals surface area (Å²) in [5.74, 6) is -3.23. The van der Waals surface area contributed by atoms with E-state index in [4.69, 9.17) is 5.26 Å². The van der Waals surface area contributed by atoms with Crippen LogP contribution in [0.15, 0.2) is 48.9 Å². The van der Waals surface area contributed by atoms with Gasteiger partial charge in [0.1, 0.15) is 23.1 Å². The van der Waals surface area contributed by atoms with E-state index in [9.17, 15) is 13.6 Å². The SMILES string of the molecule is Cn1cc(-n2ncc3ccc(NC(=O)c4c(F)ccc(C#N)c4F)cc32)cn1. The first-order valence-corrected chi connectivity index (χ1v) is 8.14. The number of anilines is 1. The van der Waals surface area contributed by atoms with Crippen LogP contribution in [0.1, 0.15) is 15.9 Å². The highest BCUT2D eigenvalue weighted by molar-refractivity contribution is 6.05. The molecule has 0 aliphatic carbocycles.